The molecule has 2 N–H and O–H groups in total. The molecule has 1 aliphatic carbocycles. The molecule has 1 saturated carbocycles. The van der Waals surface area contributed by atoms with Crippen LogP contribution in [0.3, 0.4) is 0 Å². The van der Waals surface area contributed by atoms with Gasteiger partial charge in [-0.05, 0) is 38.5 Å². The van der Waals surface area contributed by atoms with E-state index in [1.165, 1.54) is 0 Å². The Morgan fingerprint density at radius 3 is 2.44 bits per heavy atom. The van der Waals surface area contributed by atoms with Crippen LogP contribution in [0.15, 0.2) is 0 Å². The SMILES string of the molecule is NC1CCC(OCC(=O)N2CCCC2)CC1. The molecular weight excluding hydrogens is 204 g/mol. The van der Waals surface area contributed by atoms with Gasteiger partial charge < -0.3 is 15.4 Å². The Bertz CT molecular complexity index is 231. The number of amides is 1. The zero-order valence-corrected chi connectivity index (χ0v) is 9.86. The number of nitrogens with zero attached hydrogens (tertiary/aromatic N) is 1. The molecule has 0 spiro atoms. The average molecular weight is 226 g/mol. The Hall–Kier alpha value is -0.610. The zero-order valence-electron chi connectivity index (χ0n) is 9.86. The molecule has 1 aliphatic heterocycles. The minimum atomic E-state index is 0.160. The molecule has 1 amide bonds. The van der Waals surface area contributed by atoms with Crippen LogP contribution in [0.5, 0.6) is 0 Å². The lowest BCUT2D eigenvalue weighted by Crippen LogP contribution is -2.35. The Labute approximate surface area is 97.1 Å². The van der Waals surface area contributed by atoms with E-state index >= 15 is 0 Å². The number of carbonyl (C=O) groups excluding carboxylic acids is 1. The average Bonchev–Trinajstić information content (AvgIpc) is 2.81. The second-order valence-corrected chi connectivity index (χ2v) is 4.94. The van der Waals surface area contributed by atoms with Gasteiger partial charge >= 0.3 is 0 Å². The van der Waals surface area contributed by atoms with Gasteiger partial charge in [0, 0.05) is 19.1 Å². The third kappa shape index (κ3) is 3.19. The van der Waals surface area contributed by atoms with Gasteiger partial charge in [-0.3, -0.25) is 4.79 Å². The molecule has 0 aromatic rings. The minimum Gasteiger partial charge on any atom is -0.368 e. The van der Waals surface area contributed by atoms with Crippen molar-refractivity contribution in [2.75, 3.05) is 19.7 Å². The highest BCUT2D eigenvalue weighted by atomic mass is 16.5. The largest absolute Gasteiger partial charge is 0.368 e. The van der Waals surface area contributed by atoms with Gasteiger partial charge in [-0.2, -0.15) is 0 Å². The topological polar surface area (TPSA) is 55.6 Å². The van der Waals surface area contributed by atoms with E-state index in [-0.39, 0.29) is 18.6 Å². The maximum Gasteiger partial charge on any atom is 0.248 e. The molecule has 2 aliphatic rings. The van der Waals surface area contributed by atoms with Gasteiger partial charge in [-0.25, -0.2) is 0 Å². The van der Waals surface area contributed by atoms with Gasteiger partial charge in [0.15, 0.2) is 0 Å². The summed E-state index contributed by atoms with van der Waals surface area (Å²) in [5.74, 6) is 0.160. The standard InChI is InChI=1S/C12H22N2O2/c13-10-3-5-11(6-4-10)16-9-12(15)14-7-1-2-8-14/h10-11H,1-9,13H2. The summed E-state index contributed by atoms with van der Waals surface area (Å²) in [6.45, 7) is 2.09. The molecule has 4 nitrogen and oxygen atoms in total. The second kappa shape index (κ2) is 5.64. The van der Waals surface area contributed by atoms with Gasteiger partial charge in [0.05, 0.1) is 6.10 Å². The Morgan fingerprint density at radius 2 is 1.81 bits per heavy atom. The quantitative estimate of drug-likeness (QED) is 0.777. The predicted molar refractivity (Wildman–Crippen MR) is 62.0 cm³/mol. The summed E-state index contributed by atoms with van der Waals surface area (Å²) in [4.78, 5) is 13.6. The van der Waals surface area contributed by atoms with Crippen molar-refractivity contribution in [3.63, 3.8) is 0 Å². The first kappa shape index (κ1) is 11.9. The number of likely N-dealkylation sites (tertiary alicyclic amines) is 1. The molecule has 4 heteroatoms. The Morgan fingerprint density at radius 1 is 1.19 bits per heavy atom. The maximum atomic E-state index is 11.7. The lowest BCUT2D eigenvalue weighted by Gasteiger charge is -2.26. The number of nitrogens with two attached hydrogens (primary N) is 1. The summed E-state index contributed by atoms with van der Waals surface area (Å²) in [5, 5.41) is 0. The molecule has 92 valence electrons. The zero-order chi connectivity index (χ0) is 11.4. The van der Waals surface area contributed by atoms with Crippen LogP contribution >= 0.6 is 0 Å². The van der Waals surface area contributed by atoms with E-state index < -0.39 is 0 Å². The summed E-state index contributed by atoms with van der Waals surface area (Å²) in [7, 11) is 0. The molecule has 2 fully saturated rings. The molecule has 0 unspecified atom stereocenters. The van der Waals surface area contributed by atoms with E-state index in [9.17, 15) is 4.79 Å². The van der Waals surface area contributed by atoms with Gasteiger partial charge in [-0.15, -0.1) is 0 Å². The number of ether oxygens (including phenoxy) is 1. The van der Waals surface area contributed by atoms with Crippen molar-refractivity contribution in [3.8, 4) is 0 Å². The lowest BCUT2D eigenvalue weighted by molar-refractivity contribution is -0.137. The summed E-state index contributed by atoms with van der Waals surface area (Å²) in [5.41, 5.74) is 5.82. The van der Waals surface area contributed by atoms with E-state index in [0.29, 0.717) is 6.04 Å². The number of carbonyl (C=O) groups is 1. The van der Waals surface area contributed by atoms with Crippen LogP contribution in [0.4, 0.5) is 0 Å². The lowest BCUT2D eigenvalue weighted by atomic mass is 9.94. The van der Waals surface area contributed by atoms with Crippen molar-refractivity contribution in [2.45, 2.75) is 50.7 Å². The molecule has 0 radical (unpaired) electrons. The fourth-order valence-corrected chi connectivity index (χ4v) is 2.50. The van der Waals surface area contributed by atoms with Gasteiger partial charge in [0.25, 0.3) is 0 Å². The van der Waals surface area contributed by atoms with E-state index in [4.69, 9.17) is 10.5 Å². The summed E-state index contributed by atoms with van der Waals surface area (Å²) >= 11 is 0. The van der Waals surface area contributed by atoms with Crippen LogP contribution in [-0.4, -0.2) is 42.6 Å². The highest BCUT2D eigenvalue weighted by molar-refractivity contribution is 5.77. The van der Waals surface area contributed by atoms with Crippen LogP contribution in [0, 0.1) is 0 Å². The third-order valence-electron chi connectivity index (χ3n) is 3.62. The van der Waals surface area contributed by atoms with Crippen molar-refractivity contribution in [1.82, 2.24) is 4.90 Å². The van der Waals surface area contributed by atoms with Crippen molar-refractivity contribution in [1.29, 1.82) is 0 Å². The van der Waals surface area contributed by atoms with E-state index in [1.807, 2.05) is 4.90 Å². The summed E-state index contributed by atoms with van der Waals surface area (Å²) < 4.78 is 5.66. The molecule has 0 bridgehead atoms. The first-order chi connectivity index (χ1) is 7.75. The fraction of sp³-hybridized carbons (Fsp3) is 0.917. The van der Waals surface area contributed by atoms with Crippen LogP contribution in [-0.2, 0) is 9.53 Å². The predicted octanol–water partition coefficient (Wildman–Crippen LogP) is 0.895. The van der Waals surface area contributed by atoms with Crippen molar-refractivity contribution < 1.29 is 9.53 Å². The van der Waals surface area contributed by atoms with Gasteiger partial charge in [0.2, 0.25) is 5.91 Å². The smallest absolute Gasteiger partial charge is 0.248 e. The number of rotatable bonds is 3. The van der Waals surface area contributed by atoms with E-state index in [2.05, 4.69) is 0 Å². The molecule has 0 aromatic carbocycles. The third-order valence-corrected chi connectivity index (χ3v) is 3.62. The van der Waals surface area contributed by atoms with E-state index in [0.717, 1.165) is 51.6 Å². The van der Waals surface area contributed by atoms with Crippen molar-refractivity contribution >= 4 is 5.91 Å². The summed E-state index contributed by atoms with van der Waals surface area (Å²) in [6, 6.07) is 0.342. The normalized spacial score (nSPS) is 30.7. The second-order valence-electron chi connectivity index (χ2n) is 4.94. The maximum absolute atomic E-state index is 11.7. The molecule has 1 saturated heterocycles. The molecule has 16 heavy (non-hydrogen) atoms. The van der Waals surface area contributed by atoms with E-state index in [1.54, 1.807) is 0 Å². The van der Waals surface area contributed by atoms with Crippen LogP contribution < -0.4 is 5.73 Å². The van der Waals surface area contributed by atoms with Crippen LogP contribution in [0.25, 0.3) is 0 Å². The fourth-order valence-electron chi connectivity index (χ4n) is 2.50. The number of hydrogen-bond acceptors (Lipinski definition) is 3. The highest BCUT2D eigenvalue weighted by Crippen LogP contribution is 2.20. The monoisotopic (exact) mass is 226 g/mol. The van der Waals surface area contributed by atoms with Gasteiger partial charge in [0.1, 0.15) is 6.61 Å². The molecule has 0 aromatic heterocycles. The first-order valence-electron chi connectivity index (χ1n) is 6.40. The van der Waals surface area contributed by atoms with Crippen LogP contribution in [0.1, 0.15) is 38.5 Å². The molecule has 2 rings (SSSR count). The number of hydrogen-bond donors (Lipinski definition) is 1. The van der Waals surface area contributed by atoms with Gasteiger partial charge in [-0.1, -0.05) is 0 Å². The molecule has 1 heterocycles. The first-order valence-corrected chi connectivity index (χ1v) is 6.40. The molecule has 0 atom stereocenters. The molecular formula is C12H22N2O2. The Balaban J connectivity index is 1.65. The van der Waals surface area contributed by atoms with Crippen molar-refractivity contribution in [2.24, 2.45) is 5.73 Å². The minimum absolute atomic E-state index is 0.160. The highest BCUT2D eigenvalue weighted by Gasteiger charge is 2.22. The Kier molecular flexibility index (Phi) is 4.18. The van der Waals surface area contributed by atoms with Crippen LogP contribution in [0.2, 0.25) is 0 Å². The van der Waals surface area contributed by atoms with Crippen molar-refractivity contribution in [3.05, 3.63) is 0 Å². The summed E-state index contributed by atoms with van der Waals surface area (Å²) in [6.07, 6.45) is 6.62.